The molecule has 1 rings (SSSR count). The first-order chi connectivity index (χ1) is 4.81. The van der Waals surface area contributed by atoms with Crippen molar-refractivity contribution >= 4 is 20.2 Å². The maximum absolute atomic E-state index is 4.49. The van der Waals surface area contributed by atoms with Gasteiger partial charge in [0.1, 0.15) is 5.84 Å². The molecule has 0 radical (unpaired) electrons. The molecule has 5 heteroatoms. The predicted octanol–water partition coefficient (Wildman–Crippen LogP) is 1.25. The van der Waals surface area contributed by atoms with E-state index in [2.05, 4.69) is 40.7 Å². The Morgan fingerprint density at radius 1 is 1.18 bits per heavy atom. The van der Waals surface area contributed by atoms with E-state index in [0.29, 0.717) is 0 Å². The van der Waals surface area contributed by atoms with Crippen molar-refractivity contribution in [3.8, 4) is 0 Å². The molecule has 1 aliphatic rings. The number of hydrogen-bond acceptors (Lipinski definition) is 2. The fourth-order valence-corrected chi connectivity index (χ4v) is 8.14. The SMILES string of the molecule is CC1=NP(C)(C)=[NH+]P(C)(C)=N1. The van der Waals surface area contributed by atoms with Crippen molar-refractivity contribution in [1.82, 2.24) is 0 Å². The van der Waals surface area contributed by atoms with Crippen LogP contribution in [0.25, 0.3) is 0 Å². The molecule has 0 unspecified atom stereocenters. The van der Waals surface area contributed by atoms with Gasteiger partial charge in [-0.2, -0.15) is 9.51 Å². The number of nitrogens with one attached hydrogen (secondary N) is 1. The zero-order valence-corrected chi connectivity index (χ0v) is 9.58. The van der Waals surface area contributed by atoms with Crippen molar-refractivity contribution in [3.05, 3.63) is 0 Å². The molecule has 1 heterocycles. The third-order valence-electron chi connectivity index (χ3n) is 1.28. The smallest absolute Gasteiger partial charge is 0.202 e. The first-order valence-electron chi connectivity index (χ1n) is 3.58. The molecule has 0 aromatic heterocycles. The molecule has 0 saturated carbocycles. The summed E-state index contributed by atoms with van der Waals surface area (Å²) >= 11 is 0. The Kier molecular flexibility index (Phi) is 2.15. The summed E-state index contributed by atoms with van der Waals surface area (Å²) in [5.74, 6) is 0.973. The van der Waals surface area contributed by atoms with Crippen molar-refractivity contribution in [2.24, 2.45) is 9.51 Å². The van der Waals surface area contributed by atoms with Gasteiger partial charge >= 0.3 is 0 Å². The van der Waals surface area contributed by atoms with Crippen molar-refractivity contribution in [1.29, 1.82) is 0 Å². The largest absolute Gasteiger partial charge is 0.231 e. The highest BCUT2D eigenvalue weighted by Gasteiger charge is 2.21. The highest BCUT2D eigenvalue weighted by atomic mass is 31.2. The second kappa shape index (κ2) is 2.57. The Morgan fingerprint density at radius 2 is 1.73 bits per heavy atom. The Balaban J connectivity index is 3.31. The molecule has 0 aromatic carbocycles. The maximum Gasteiger partial charge on any atom is 0.202 e. The molecule has 0 aromatic rings. The summed E-state index contributed by atoms with van der Waals surface area (Å²) in [6.45, 7) is 10.7. The van der Waals surface area contributed by atoms with E-state index in [9.17, 15) is 0 Å². The minimum atomic E-state index is -1.22. The van der Waals surface area contributed by atoms with E-state index in [1.165, 1.54) is 0 Å². The third-order valence-corrected chi connectivity index (χ3v) is 6.77. The fourth-order valence-electron chi connectivity index (χ4n) is 1.39. The number of nitrogens with zero attached hydrogens (tertiary/aromatic N) is 2. The lowest BCUT2D eigenvalue weighted by molar-refractivity contribution is -0.241. The Morgan fingerprint density at radius 3 is 2.09 bits per heavy atom. The van der Waals surface area contributed by atoms with Crippen LogP contribution in [0.5, 0.6) is 0 Å². The standard InChI is InChI=1S/C6H15N3P2/c1-6-7-10(2,3)9-11(4,5)8-6/h1-5H3/p+1. The van der Waals surface area contributed by atoms with Crippen LogP contribution in [-0.4, -0.2) is 32.5 Å². The summed E-state index contributed by atoms with van der Waals surface area (Å²) in [5, 5.41) is 0. The van der Waals surface area contributed by atoms with Gasteiger partial charge in [0.05, 0.1) is 0 Å². The highest BCUT2D eigenvalue weighted by Crippen LogP contribution is 2.43. The molecule has 0 atom stereocenters. The lowest BCUT2D eigenvalue weighted by Crippen LogP contribution is -2.60. The van der Waals surface area contributed by atoms with Gasteiger partial charge < -0.3 is 0 Å². The molecule has 11 heavy (non-hydrogen) atoms. The van der Waals surface area contributed by atoms with Crippen LogP contribution in [0.1, 0.15) is 6.92 Å². The molecular formula is C6H16N3P2+. The van der Waals surface area contributed by atoms with Crippen LogP contribution in [0.15, 0.2) is 9.51 Å². The van der Waals surface area contributed by atoms with Crippen LogP contribution in [0.4, 0.5) is 0 Å². The van der Waals surface area contributed by atoms with Gasteiger partial charge in [0.25, 0.3) is 0 Å². The van der Waals surface area contributed by atoms with Crippen LogP contribution in [0, 0.1) is 0 Å². The van der Waals surface area contributed by atoms with E-state index in [1.54, 1.807) is 0 Å². The Labute approximate surface area is 68.5 Å². The summed E-state index contributed by atoms with van der Waals surface area (Å²) in [7, 11) is -2.44. The monoisotopic (exact) mass is 192 g/mol. The van der Waals surface area contributed by atoms with Crippen LogP contribution >= 0.6 is 14.4 Å². The van der Waals surface area contributed by atoms with Gasteiger partial charge in [-0.25, -0.2) is 4.52 Å². The maximum atomic E-state index is 4.49. The second-order valence-corrected chi connectivity index (χ2v) is 10.4. The predicted molar refractivity (Wildman–Crippen MR) is 54.0 cm³/mol. The van der Waals surface area contributed by atoms with Gasteiger partial charge in [-0.3, -0.25) is 0 Å². The first-order valence-corrected chi connectivity index (χ1v) is 8.86. The van der Waals surface area contributed by atoms with E-state index in [1.807, 2.05) is 6.92 Å². The molecule has 0 spiro atoms. The summed E-state index contributed by atoms with van der Waals surface area (Å²) in [6.07, 6.45) is 0. The van der Waals surface area contributed by atoms with Gasteiger partial charge in [0.15, 0.2) is 0 Å². The van der Waals surface area contributed by atoms with E-state index in [4.69, 9.17) is 0 Å². The van der Waals surface area contributed by atoms with E-state index < -0.39 is 14.4 Å². The molecule has 64 valence electrons. The summed E-state index contributed by atoms with van der Waals surface area (Å²) in [4.78, 5) is 0. The molecule has 0 saturated heterocycles. The zero-order chi connectivity index (χ0) is 8.70. The first kappa shape index (κ1) is 9.22. The quantitative estimate of drug-likeness (QED) is 0.561. The molecule has 1 N–H and O–H groups in total. The Hall–Kier alpha value is 0.130. The van der Waals surface area contributed by atoms with Crippen molar-refractivity contribution in [2.45, 2.75) is 6.92 Å². The minimum absolute atomic E-state index is 0.973. The molecule has 0 fully saturated rings. The van der Waals surface area contributed by atoms with Gasteiger partial charge in [-0.1, -0.05) is 0 Å². The molecule has 1 aliphatic heterocycles. The summed E-state index contributed by atoms with van der Waals surface area (Å²) in [5.41, 5.74) is 0. The van der Waals surface area contributed by atoms with E-state index >= 15 is 0 Å². The van der Waals surface area contributed by atoms with Crippen LogP contribution in [0.2, 0.25) is 0 Å². The van der Waals surface area contributed by atoms with Gasteiger partial charge in [0.2, 0.25) is 14.4 Å². The van der Waals surface area contributed by atoms with Crippen LogP contribution in [0.3, 0.4) is 0 Å². The number of hydrogen-bond donors (Lipinski definition) is 1. The normalized spacial score (nSPS) is 26.5. The topological polar surface area (TPSA) is 38.7 Å². The summed E-state index contributed by atoms with van der Waals surface area (Å²) in [6, 6.07) is 0. The lowest BCUT2D eigenvalue weighted by atomic mass is 10.8. The highest BCUT2D eigenvalue weighted by molar-refractivity contribution is 7.68. The molecule has 0 bridgehead atoms. The lowest BCUT2D eigenvalue weighted by Gasteiger charge is -2.13. The zero-order valence-electron chi connectivity index (χ0n) is 7.79. The van der Waals surface area contributed by atoms with Gasteiger partial charge in [-0.15, -0.1) is 0 Å². The average Bonchev–Trinajstić information content (AvgIpc) is 1.49. The molecule has 3 nitrogen and oxygen atoms in total. The number of rotatable bonds is 0. The van der Waals surface area contributed by atoms with E-state index in [-0.39, 0.29) is 0 Å². The third kappa shape index (κ3) is 2.57. The van der Waals surface area contributed by atoms with Crippen molar-refractivity contribution in [2.75, 3.05) is 26.7 Å². The molecular weight excluding hydrogens is 176 g/mol. The van der Waals surface area contributed by atoms with Crippen molar-refractivity contribution < 1.29 is 4.52 Å². The van der Waals surface area contributed by atoms with Gasteiger partial charge in [0, 0.05) is 26.7 Å². The fraction of sp³-hybridized carbons (Fsp3) is 0.833. The molecule has 0 amide bonds. The second-order valence-electron chi connectivity index (χ2n) is 3.64. The molecule has 0 aliphatic carbocycles. The Bertz CT molecular complexity index is 294. The minimum Gasteiger partial charge on any atom is -0.231 e. The van der Waals surface area contributed by atoms with Crippen LogP contribution < -0.4 is 4.52 Å². The average molecular weight is 192 g/mol. The van der Waals surface area contributed by atoms with Crippen LogP contribution in [-0.2, 0) is 0 Å². The number of amidine groups is 1. The van der Waals surface area contributed by atoms with E-state index in [0.717, 1.165) is 5.84 Å². The summed E-state index contributed by atoms with van der Waals surface area (Å²) < 4.78 is 12.5. The van der Waals surface area contributed by atoms with Gasteiger partial charge in [-0.05, 0) is 6.92 Å². The van der Waals surface area contributed by atoms with Crippen molar-refractivity contribution in [3.63, 3.8) is 0 Å².